The van der Waals surface area contributed by atoms with Crippen molar-refractivity contribution in [3.8, 4) is 0 Å². The number of hydrogen-bond acceptors (Lipinski definition) is 4. The van der Waals surface area contributed by atoms with E-state index in [9.17, 15) is 13.6 Å². The molecular formula is C26H29F2N3O2. The lowest BCUT2D eigenvalue weighted by Crippen LogP contribution is -2.51. The van der Waals surface area contributed by atoms with Crippen LogP contribution in [-0.2, 0) is 22.6 Å². The topological polar surface area (TPSA) is 45.7 Å². The highest BCUT2D eigenvalue weighted by Gasteiger charge is 2.31. The van der Waals surface area contributed by atoms with Crippen molar-refractivity contribution < 1.29 is 18.3 Å². The zero-order chi connectivity index (χ0) is 23.4. The molecule has 0 N–H and O–H groups in total. The average molecular weight is 454 g/mol. The summed E-state index contributed by atoms with van der Waals surface area (Å²) in [5.41, 5.74) is 2.36. The first kappa shape index (κ1) is 23.3. The molecule has 174 valence electrons. The van der Waals surface area contributed by atoms with Crippen LogP contribution in [0.25, 0.3) is 10.9 Å². The first-order valence-corrected chi connectivity index (χ1v) is 11.3. The molecular weight excluding hydrogens is 424 g/mol. The molecule has 3 aromatic rings. The van der Waals surface area contributed by atoms with Crippen LogP contribution >= 0.6 is 0 Å². The lowest BCUT2D eigenvalue weighted by molar-refractivity contribution is -0.151. The summed E-state index contributed by atoms with van der Waals surface area (Å²) >= 11 is 0. The van der Waals surface area contributed by atoms with Crippen molar-refractivity contribution in [1.82, 2.24) is 14.8 Å². The van der Waals surface area contributed by atoms with Gasteiger partial charge in [-0.15, -0.1) is 0 Å². The van der Waals surface area contributed by atoms with Crippen LogP contribution in [0.3, 0.4) is 0 Å². The number of carbonyl (C=O) groups excluding carboxylic acids is 1. The maximum Gasteiger partial charge on any atom is 0.253 e. The van der Waals surface area contributed by atoms with Crippen LogP contribution < -0.4 is 0 Å². The van der Waals surface area contributed by atoms with E-state index in [1.807, 2.05) is 34.1 Å². The molecule has 7 heteroatoms. The Morgan fingerprint density at radius 1 is 1.21 bits per heavy atom. The third-order valence-electron chi connectivity index (χ3n) is 5.77. The predicted octanol–water partition coefficient (Wildman–Crippen LogP) is 4.40. The van der Waals surface area contributed by atoms with Crippen LogP contribution in [0.15, 0.2) is 54.7 Å². The minimum atomic E-state index is -0.622. The molecule has 2 aromatic carbocycles. The SMILES string of the molecule is CC(C)CN(Cc1ccc2ncccc2c1)C(=O)[C@H]1CN(Cc2ccc(F)cc2F)CCO1. The van der Waals surface area contributed by atoms with Crippen molar-refractivity contribution in [1.29, 1.82) is 0 Å². The van der Waals surface area contributed by atoms with Crippen molar-refractivity contribution in [3.63, 3.8) is 0 Å². The summed E-state index contributed by atoms with van der Waals surface area (Å²) < 4.78 is 33.2. The Balaban J connectivity index is 1.46. The normalized spacial score (nSPS) is 16.9. The van der Waals surface area contributed by atoms with Gasteiger partial charge >= 0.3 is 0 Å². The first-order valence-electron chi connectivity index (χ1n) is 11.3. The lowest BCUT2D eigenvalue weighted by Gasteiger charge is -2.35. The summed E-state index contributed by atoms with van der Waals surface area (Å²) in [4.78, 5) is 21.6. The van der Waals surface area contributed by atoms with E-state index in [1.165, 1.54) is 12.1 Å². The quantitative estimate of drug-likeness (QED) is 0.532. The van der Waals surface area contributed by atoms with Gasteiger partial charge in [0, 0.05) is 55.9 Å². The third kappa shape index (κ3) is 5.92. The molecule has 1 aliphatic rings. The highest BCUT2D eigenvalue weighted by Crippen LogP contribution is 2.19. The van der Waals surface area contributed by atoms with Gasteiger partial charge in [-0.05, 0) is 35.7 Å². The summed E-state index contributed by atoms with van der Waals surface area (Å²) in [6.07, 6.45) is 1.14. The first-order chi connectivity index (χ1) is 15.9. The standard InChI is InChI=1S/C26H29F2N3O2/c1-18(2)14-31(15-19-5-8-24-20(12-19)4-3-9-29-24)26(32)25-17-30(10-11-33-25)16-21-6-7-22(27)13-23(21)28/h3-9,12-13,18,25H,10-11,14-17H2,1-2H3/t25-/m1/s1. The molecule has 5 nitrogen and oxygen atoms in total. The van der Waals surface area contributed by atoms with Crippen molar-refractivity contribution in [3.05, 3.63) is 77.5 Å². The number of amides is 1. The zero-order valence-corrected chi connectivity index (χ0v) is 19.0. The summed E-state index contributed by atoms with van der Waals surface area (Å²) in [6, 6.07) is 13.5. The molecule has 0 saturated carbocycles. The van der Waals surface area contributed by atoms with Gasteiger partial charge in [0.25, 0.3) is 5.91 Å². The third-order valence-corrected chi connectivity index (χ3v) is 5.77. The molecule has 1 aromatic heterocycles. The van der Waals surface area contributed by atoms with Gasteiger partial charge in [-0.2, -0.15) is 0 Å². The molecule has 1 saturated heterocycles. The number of hydrogen-bond donors (Lipinski definition) is 0. The average Bonchev–Trinajstić information content (AvgIpc) is 2.80. The Bertz CT molecular complexity index is 1120. The van der Waals surface area contributed by atoms with E-state index in [-0.39, 0.29) is 5.91 Å². The van der Waals surface area contributed by atoms with Crippen LogP contribution in [0.1, 0.15) is 25.0 Å². The number of morpholine rings is 1. The van der Waals surface area contributed by atoms with E-state index < -0.39 is 17.7 Å². The monoisotopic (exact) mass is 453 g/mol. The summed E-state index contributed by atoms with van der Waals surface area (Å²) in [5.74, 6) is -0.944. The predicted molar refractivity (Wildman–Crippen MR) is 123 cm³/mol. The Labute approximate surface area is 193 Å². The number of nitrogens with zero attached hydrogens (tertiary/aromatic N) is 3. The minimum absolute atomic E-state index is 0.0701. The number of aromatic nitrogens is 1. The highest BCUT2D eigenvalue weighted by molar-refractivity contribution is 5.82. The molecule has 0 aliphatic carbocycles. The van der Waals surface area contributed by atoms with Crippen molar-refractivity contribution in [2.24, 2.45) is 5.92 Å². The molecule has 1 atom stereocenters. The van der Waals surface area contributed by atoms with E-state index in [4.69, 9.17) is 4.74 Å². The molecule has 4 rings (SSSR count). The smallest absolute Gasteiger partial charge is 0.253 e. The number of rotatable bonds is 7. The number of ether oxygens (including phenoxy) is 1. The molecule has 0 bridgehead atoms. The molecule has 1 fully saturated rings. The van der Waals surface area contributed by atoms with Crippen molar-refractivity contribution >= 4 is 16.8 Å². The zero-order valence-electron chi connectivity index (χ0n) is 19.0. The molecule has 0 spiro atoms. The van der Waals surface area contributed by atoms with E-state index in [1.54, 1.807) is 6.20 Å². The van der Waals surface area contributed by atoms with Crippen molar-refractivity contribution in [2.75, 3.05) is 26.2 Å². The van der Waals surface area contributed by atoms with E-state index in [2.05, 4.69) is 24.9 Å². The highest BCUT2D eigenvalue weighted by atomic mass is 19.1. The minimum Gasteiger partial charge on any atom is -0.366 e. The number of benzene rings is 2. The molecule has 0 radical (unpaired) electrons. The fourth-order valence-electron chi connectivity index (χ4n) is 4.21. The lowest BCUT2D eigenvalue weighted by atomic mass is 10.1. The number of fused-ring (bicyclic) bond motifs is 1. The number of halogens is 2. The van der Waals surface area contributed by atoms with E-state index >= 15 is 0 Å². The Morgan fingerprint density at radius 2 is 2.06 bits per heavy atom. The number of pyridine rings is 1. The summed E-state index contributed by atoms with van der Waals surface area (Å²) in [5, 5.41) is 1.04. The van der Waals surface area contributed by atoms with Gasteiger partial charge in [-0.3, -0.25) is 14.7 Å². The second-order valence-electron chi connectivity index (χ2n) is 8.97. The van der Waals surface area contributed by atoms with Gasteiger partial charge in [-0.1, -0.05) is 32.0 Å². The van der Waals surface area contributed by atoms with Gasteiger partial charge in [0.15, 0.2) is 0 Å². The fraction of sp³-hybridized carbons (Fsp3) is 0.385. The molecule has 1 amide bonds. The van der Waals surface area contributed by atoms with E-state index in [0.717, 1.165) is 22.5 Å². The molecule has 33 heavy (non-hydrogen) atoms. The largest absolute Gasteiger partial charge is 0.366 e. The van der Waals surface area contributed by atoms with Crippen LogP contribution in [0, 0.1) is 17.6 Å². The van der Waals surface area contributed by atoms with Crippen LogP contribution in [-0.4, -0.2) is 53.0 Å². The molecule has 0 unspecified atom stereocenters. The van der Waals surface area contributed by atoms with Crippen LogP contribution in [0.5, 0.6) is 0 Å². The second-order valence-corrected chi connectivity index (χ2v) is 8.97. The maximum atomic E-state index is 14.1. The maximum absolute atomic E-state index is 14.1. The Hall–Kier alpha value is -2.90. The Kier molecular flexibility index (Phi) is 7.30. The number of carbonyl (C=O) groups is 1. The molecule has 1 aliphatic heterocycles. The summed E-state index contributed by atoms with van der Waals surface area (Å²) in [6.45, 7) is 6.89. The van der Waals surface area contributed by atoms with Gasteiger partial charge in [-0.25, -0.2) is 8.78 Å². The van der Waals surface area contributed by atoms with Gasteiger partial charge in [0.05, 0.1) is 12.1 Å². The van der Waals surface area contributed by atoms with Gasteiger partial charge in [0.1, 0.15) is 17.7 Å². The van der Waals surface area contributed by atoms with Crippen LogP contribution in [0.2, 0.25) is 0 Å². The van der Waals surface area contributed by atoms with Crippen molar-refractivity contribution in [2.45, 2.75) is 33.0 Å². The van der Waals surface area contributed by atoms with E-state index in [0.29, 0.717) is 50.8 Å². The van der Waals surface area contributed by atoms with Gasteiger partial charge < -0.3 is 9.64 Å². The van der Waals surface area contributed by atoms with Gasteiger partial charge in [0.2, 0.25) is 0 Å². The fourth-order valence-corrected chi connectivity index (χ4v) is 4.21. The molecule has 2 heterocycles. The summed E-state index contributed by atoms with van der Waals surface area (Å²) in [7, 11) is 0. The second kappa shape index (κ2) is 10.4. The Morgan fingerprint density at radius 3 is 2.85 bits per heavy atom. The van der Waals surface area contributed by atoms with Crippen LogP contribution in [0.4, 0.5) is 8.78 Å².